The second-order valence-corrected chi connectivity index (χ2v) is 10.5. The zero-order valence-corrected chi connectivity index (χ0v) is 24.4. The Morgan fingerprint density at radius 1 is 0.561 bits per heavy atom. The lowest BCUT2D eigenvalue weighted by Gasteiger charge is -2.16. The Hall–Kier alpha value is -3.24. The monoisotopic (exact) mass is 583 g/mol. The number of hydrogen-bond acceptors (Lipinski definition) is 6. The highest BCUT2D eigenvalue weighted by molar-refractivity contribution is 6.12. The Labute approximate surface area is 243 Å². The molecule has 1 aliphatic rings. The molecule has 0 saturated heterocycles. The number of unbranched alkanes of at least 4 members (excludes halogenated alkanes) is 15. The summed E-state index contributed by atoms with van der Waals surface area (Å²) in [6.45, 7) is 2.86. The van der Waals surface area contributed by atoms with Crippen LogP contribution in [-0.4, -0.2) is 67.6 Å². The van der Waals surface area contributed by atoms with Gasteiger partial charge in [-0.1, -0.05) is 103 Å². The molecular weight excluding hydrogens is 534 g/mol. The molecular formula is C30H49NO10. The van der Waals surface area contributed by atoms with Crippen LogP contribution in [0, 0.1) is 11.8 Å². The normalized spacial score (nSPS) is 13.9. The van der Waals surface area contributed by atoms with E-state index in [1.807, 2.05) is 0 Å². The maximum atomic E-state index is 11.4. The van der Waals surface area contributed by atoms with Crippen LogP contribution < -0.4 is 0 Å². The standard InChI is InChI=1S/C22H39NO2.C8H10O8/c1-2-3-4-5-6-7-8-9-10-11-12-13-14-15-16-17-20-23-21(24)18-19-22(23)25;9-5(10)1-3(7(13)14)4(8(15)16)2-6(11)12/h18-19H,2-17,20H2,1H3;3-4H,1-2H2,(H,9,10)(H,11,12)(H,13,14)(H,15,16). The minimum atomic E-state index is -1.76. The lowest BCUT2D eigenvalue weighted by molar-refractivity contribution is -0.160. The van der Waals surface area contributed by atoms with Gasteiger partial charge in [0.1, 0.15) is 0 Å². The van der Waals surface area contributed by atoms with E-state index in [9.17, 15) is 28.8 Å². The summed E-state index contributed by atoms with van der Waals surface area (Å²) in [6.07, 6.45) is 22.3. The number of carbonyl (C=O) groups excluding carboxylic acids is 2. The van der Waals surface area contributed by atoms with Crippen molar-refractivity contribution in [2.45, 2.75) is 122 Å². The van der Waals surface area contributed by atoms with Crippen molar-refractivity contribution in [3.63, 3.8) is 0 Å². The molecule has 0 saturated carbocycles. The van der Waals surface area contributed by atoms with Crippen molar-refractivity contribution >= 4 is 35.7 Å². The van der Waals surface area contributed by atoms with Gasteiger partial charge >= 0.3 is 23.9 Å². The Balaban J connectivity index is 0.000000865. The average molecular weight is 584 g/mol. The molecule has 0 fully saturated rings. The van der Waals surface area contributed by atoms with E-state index in [0.29, 0.717) is 6.54 Å². The molecule has 234 valence electrons. The van der Waals surface area contributed by atoms with Crippen LogP contribution in [0.2, 0.25) is 0 Å². The highest BCUT2D eigenvalue weighted by Crippen LogP contribution is 2.21. The van der Waals surface area contributed by atoms with Crippen molar-refractivity contribution in [2.75, 3.05) is 6.54 Å². The summed E-state index contributed by atoms with van der Waals surface area (Å²) in [5, 5.41) is 34.1. The fourth-order valence-electron chi connectivity index (χ4n) is 4.65. The third-order valence-corrected chi connectivity index (χ3v) is 7.04. The summed E-state index contributed by atoms with van der Waals surface area (Å²) in [4.78, 5) is 66.1. The first-order valence-corrected chi connectivity index (χ1v) is 14.9. The van der Waals surface area contributed by atoms with Gasteiger partial charge in [-0.3, -0.25) is 33.7 Å². The van der Waals surface area contributed by atoms with Gasteiger partial charge in [-0.25, -0.2) is 0 Å². The largest absolute Gasteiger partial charge is 0.481 e. The molecule has 0 aliphatic carbocycles. The summed E-state index contributed by atoms with van der Waals surface area (Å²) in [5.41, 5.74) is 0. The van der Waals surface area contributed by atoms with E-state index >= 15 is 0 Å². The number of carboxylic acid groups (broad SMARTS) is 4. The zero-order chi connectivity index (χ0) is 31.0. The molecule has 1 heterocycles. The van der Waals surface area contributed by atoms with Crippen LogP contribution in [0.5, 0.6) is 0 Å². The molecule has 4 N–H and O–H groups in total. The fourth-order valence-corrected chi connectivity index (χ4v) is 4.65. The minimum Gasteiger partial charge on any atom is -0.481 e. The summed E-state index contributed by atoms with van der Waals surface area (Å²) >= 11 is 0. The molecule has 0 radical (unpaired) electrons. The highest BCUT2D eigenvalue weighted by atomic mass is 16.4. The lowest BCUT2D eigenvalue weighted by Crippen LogP contribution is -2.33. The van der Waals surface area contributed by atoms with Crippen LogP contribution in [0.25, 0.3) is 0 Å². The molecule has 0 spiro atoms. The number of imide groups is 1. The first kappa shape index (κ1) is 37.8. The molecule has 1 rings (SSSR count). The van der Waals surface area contributed by atoms with Gasteiger partial charge in [-0.05, 0) is 6.42 Å². The van der Waals surface area contributed by atoms with E-state index in [-0.39, 0.29) is 11.8 Å². The maximum absolute atomic E-state index is 11.4. The first-order valence-electron chi connectivity index (χ1n) is 14.9. The summed E-state index contributed by atoms with van der Waals surface area (Å²) < 4.78 is 0. The van der Waals surface area contributed by atoms with Gasteiger partial charge in [0.15, 0.2) is 0 Å². The Kier molecular flexibility index (Phi) is 21.6. The van der Waals surface area contributed by atoms with E-state index in [0.717, 1.165) is 12.8 Å². The summed E-state index contributed by atoms with van der Waals surface area (Å²) in [5.74, 6) is -10.1. The van der Waals surface area contributed by atoms with Gasteiger partial charge in [0, 0.05) is 18.7 Å². The van der Waals surface area contributed by atoms with Crippen molar-refractivity contribution in [3.8, 4) is 0 Å². The zero-order valence-electron chi connectivity index (χ0n) is 24.4. The highest BCUT2D eigenvalue weighted by Gasteiger charge is 2.37. The minimum absolute atomic E-state index is 0.147. The van der Waals surface area contributed by atoms with Crippen LogP contribution in [0.1, 0.15) is 122 Å². The van der Waals surface area contributed by atoms with Crippen molar-refractivity contribution in [3.05, 3.63) is 12.2 Å². The predicted molar refractivity (Wildman–Crippen MR) is 152 cm³/mol. The molecule has 0 aromatic rings. The van der Waals surface area contributed by atoms with Gasteiger partial charge < -0.3 is 20.4 Å². The molecule has 1 aliphatic heterocycles. The van der Waals surface area contributed by atoms with Crippen LogP contribution >= 0.6 is 0 Å². The van der Waals surface area contributed by atoms with Gasteiger partial charge in [0.2, 0.25) is 0 Å². The van der Waals surface area contributed by atoms with E-state index < -0.39 is 48.6 Å². The third-order valence-electron chi connectivity index (χ3n) is 7.04. The number of carboxylic acids is 4. The van der Waals surface area contributed by atoms with Crippen molar-refractivity contribution in [1.29, 1.82) is 0 Å². The molecule has 11 nitrogen and oxygen atoms in total. The molecule has 0 aromatic heterocycles. The Morgan fingerprint density at radius 2 is 0.854 bits per heavy atom. The molecule has 0 bridgehead atoms. The van der Waals surface area contributed by atoms with E-state index in [1.165, 1.54) is 107 Å². The van der Waals surface area contributed by atoms with Crippen LogP contribution in [0.15, 0.2) is 12.2 Å². The smallest absolute Gasteiger partial charge is 0.307 e. The van der Waals surface area contributed by atoms with Gasteiger partial charge in [-0.15, -0.1) is 0 Å². The van der Waals surface area contributed by atoms with Crippen LogP contribution in [0.4, 0.5) is 0 Å². The van der Waals surface area contributed by atoms with E-state index in [2.05, 4.69) is 6.92 Å². The number of carbonyl (C=O) groups is 6. The van der Waals surface area contributed by atoms with E-state index in [1.54, 1.807) is 0 Å². The third kappa shape index (κ3) is 19.5. The number of rotatable bonds is 24. The van der Waals surface area contributed by atoms with Crippen LogP contribution in [0.3, 0.4) is 0 Å². The molecule has 2 amide bonds. The topological polar surface area (TPSA) is 187 Å². The Morgan fingerprint density at radius 3 is 1.12 bits per heavy atom. The predicted octanol–water partition coefficient (Wildman–Crippen LogP) is 5.51. The molecule has 2 atom stereocenters. The molecule has 11 heteroatoms. The van der Waals surface area contributed by atoms with Gasteiger partial charge in [-0.2, -0.15) is 0 Å². The fraction of sp³-hybridized carbons (Fsp3) is 0.733. The quantitative estimate of drug-likeness (QED) is 0.0833. The van der Waals surface area contributed by atoms with Crippen molar-refractivity contribution in [1.82, 2.24) is 4.90 Å². The SMILES string of the molecule is CCCCCCCCCCCCCCCCCCN1C(=O)C=CC1=O.O=C(O)CC(C(=O)O)C(CC(=O)O)C(=O)O. The number of amides is 2. The van der Waals surface area contributed by atoms with Crippen molar-refractivity contribution in [2.24, 2.45) is 11.8 Å². The summed E-state index contributed by atoms with van der Waals surface area (Å²) in [6, 6.07) is 0. The van der Waals surface area contributed by atoms with Crippen LogP contribution in [-0.2, 0) is 28.8 Å². The lowest BCUT2D eigenvalue weighted by atomic mass is 9.87. The second kappa shape index (κ2) is 23.5. The van der Waals surface area contributed by atoms with Gasteiger partial charge in [0.25, 0.3) is 11.8 Å². The summed E-state index contributed by atoms with van der Waals surface area (Å²) in [7, 11) is 0. The average Bonchev–Trinajstić information content (AvgIpc) is 3.22. The number of aliphatic carboxylic acids is 4. The van der Waals surface area contributed by atoms with Crippen molar-refractivity contribution < 1.29 is 49.2 Å². The van der Waals surface area contributed by atoms with Gasteiger partial charge in [0.05, 0.1) is 24.7 Å². The molecule has 0 aromatic carbocycles. The maximum Gasteiger partial charge on any atom is 0.307 e. The first-order chi connectivity index (χ1) is 19.5. The molecule has 2 unspecified atom stereocenters. The Bertz CT molecular complexity index is 804. The molecule has 41 heavy (non-hydrogen) atoms. The number of nitrogens with zero attached hydrogens (tertiary/aromatic N) is 1. The van der Waals surface area contributed by atoms with E-state index in [4.69, 9.17) is 20.4 Å². The number of hydrogen-bond donors (Lipinski definition) is 4. The second-order valence-electron chi connectivity index (χ2n) is 10.5.